The van der Waals surface area contributed by atoms with E-state index in [0.29, 0.717) is 17.6 Å². The lowest BCUT2D eigenvalue weighted by molar-refractivity contribution is -0.134. The van der Waals surface area contributed by atoms with Crippen molar-refractivity contribution in [3.8, 4) is 5.75 Å². The monoisotopic (exact) mass is 466 g/mol. The van der Waals surface area contributed by atoms with Gasteiger partial charge in [0.25, 0.3) is 0 Å². The van der Waals surface area contributed by atoms with Crippen molar-refractivity contribution in [2.45, 2.75) is 46.5 Å². The smallest absolute Gasteiger partial charge is 0.310 e. The molecule has 0 bridgehead atoms. The number of allylic oxidation sites excluding steroid dienone is 1. The standard InChI is InChI=1S/C28H35ClN2O2/c1-4-27(32)33-25-11-9-24(10-12-25)31-17-15-30(16-18-31)20-22-19-28(2,3)14-13-26(22)21-5-7-23(29)8-6-21/h5-12H,4,13-20H2,1-3H3. The molecule has 0 radical (unpaired) electrons. The molecule has 176 valence electrons. The molecule has 1 aliphatic carbocycles. The summed E-state index contributed by atoms with van der Waals surface area (Å²) < 4.78 is 5.30. The Morgan fingerprint density at radius 2 is 1.67 bits per heavy atom. The fourth-order valence-corrected chi connectivity index (χ4v) is 5.05. The predicted molar refractivity (Wildman–Crippen MR) is 137 cm³/mol. The summed E-state index contributed by atoms with van der Waals surface area (Å²) in [4.78, 5) is 16.5. The van der Waals surface area contributed by atoms with Crippen molar-refractivity contribution in [3.63, 3.8) is 0 Å². The van der Waals surface area contributed by atoms with E-state index in [0.717, 1.165) is 50.6 Å². The van der Waals surface area contributed by atoms with Crippen LogP contribution in [0.3, 0.4) is 0 Å². The third-order valence-corrected chi connectivity index (χ3v) is 7.12. The molecule has 2 aromatic carbocycles. The number of halogens is 1. The highest BCUT2D eigenvalue weighted by Crippen LogP contribution is 2.42. The van der Waals surface area contributed by atoms with Gasteiger partial charge in [-0.15, -0.1) is 0 Å². The van der Waals surface area contributed by atoms with Crippen LogP contribution in [0.4, 0.5) is 5.69 Å². The minimum absolute atomic E-state index is 0.200. The van der Waals surface area contributed by atoms with Gasteiger partial charge in [-0.2, -0.15) is 0 Å². The SMILES string of the molecule is CCC(=O)Oc1ccc(N2CCN(CC3=C(c4ccc(Cl)cc4)CCC(C)(C)C3)CC2)cc1. The molecule has 1 fully saturated rings. The van der Waals surface area contributed by atoms with Gasteiger partial charge in [0.1, 0.15) is 5.75 Å². The Balaban J connectivity index is 1.40. The van der Waals surface area contributed by atoms with Gasteiger partial charge in [-0.3, -0.25) is 9.69 Å². The van der Waals surface area contributed by atoms with Crippen LogP contribution in [-0.4, -0.2) is 43.6 Å². The van der Waals surface area contributed by atoms with Gasteiger partial charge in [0, 0.05) is 49.9 Å². The molecular weight excluding hydrogens is 432 g/mol. The van der Waals surface area contributed by atoms with Crippen LogP contribution in [-0.2, 0) is 4.79 Å². The van der Waals surface area contributed by atoms with E-state index in [9.17, 15) is 4.79 Å². The highest BCUT2D eigenvalue weighted by molar-refractivity contribution is 6.30. The molecule has 4 rings (SSSR count). The molecule has 0 spiro atoms. The Morgan fingerprint density at radius 1 is 1.00 bits per heavy atom. The minimum atomic E-state index is -0.200. The van der Waals surface area contributed by atoms with Gasteiger partial charge in [0.15, 0.2) is 0 Å². The lowest BCUT2D eigenvalue weighted by Crippen LogP contribution is -2.47. The zero-order valence-electron chi connectivity index (χ0n) is 20.1. The maximum Gasteiger partial charge on any atom is 0.310 e. The number of nitrogens with zero attached hydrogens (tertiary/aromatic N) is 2. The molecule has 0 N–H and O–H groups in total. The Labute approximate surface area is 203 Å². The van der Waals surface area contributed by atoms with Gasteiger partial charge in [0.2, 0.25) is 0 Å². The number of esters is 1. The van der Waals surface area contributed by atoms with Crippen LogP contribution in [0.2, 0.25) is 5.02 Å². The number of rotatable bonds is 6. The third-order valence-electron chi connectivity index (χ3n) is 6.87. The number of benzene rings is 2. The van der Waals surface area contributed by atoms with E-state index < -0.39 is 0 Å². The van der Waals surface area contributed by atoms with E-state index in [1.165, 1.54) is 23.2 Å². The van der Waals surface area contributed by atoms with Crippen molar-refractivity contribution >= 4 is 28.8 Å². The van der Waals surface area contributed by atoms with Crippen LogP contribution in [0.5, 0.6) is 5.75 Å². The summed E-state index contributed by atoms with van der Waals surface area (Å²) in [6.07, 6.45) is 3.91. The Morgan fingerprint density at radius 3 is 2.30 bits per heavy atom. The second-order valence-electron chi connectivity index (χ2n) is 10.0. The molecule has 1 saturated heterocycles. The molecule has 1 aliphatic heterocycles. The summed E-state index contributed by atoms with van der Waals surface area (Å²) in [5.74, 6) is 0.417. The van der Waals surface area contributed by atoms with Crippen molar-refractivity contribution in [1.29, 1.82) is 0 Å². The summed E-state index contributed by atoms with van der Waals surface area (Å²) in [5, 5.41) is 0.796. The first-order valence-corrected chi connectivity index (χ1v) is 12.5. The lowest BCUT2D eigenvalue weighted by Gasteiger charge is -2.39. The Kier molecular flexibility index (Phi) is 7.45. The zero-order chi connectivity index (χ0) is 23.4. The maximum absolute atomic E-state index is 11.5. The van der Waals surface area contributed by atoms with Crippen molar-refractivity contribution in [2.24, 2.45) is 5.41 Å². The molecule has 5 heteroatoms. The number of ether oxygens (including phenoxy) is 1. The molecule has 4 nitrogen and oxygen atoms in total. The first kappa shape index (κ1) is 23.8. The topological polar surface area (TPSA) is 32.8 Å². The number of piperazine rings is 1. The van der Waals surface area contributed by atoms with Gasteiger partial charge in [-0.1, -0.05) is 50.1 Å². The van der Waals surface area contributed by atoms with Crippen LogP contribution < -0.4 is 9.64 Å². The molecule has 2 aliphatic rings. The van der Waals surface area contributed by atoms with Gasteiger partial charge < -0.3 is 9.64 Å². The molecule has 0 aromatic heterocycles. The van der Waals surface area contributed by atoms with Crippen molar-refractivity contribution in [3.05, 3.63) is 64.7 Å². The molecule has 0 saturated carbocycles. The van der Waals surface area contributed by atoms with Gasteiger partial charge >= 0.3 is 5.97 Å². The fraction of sp³-hybridized carbons (Fsp3) is 0.464. The lowest BCUT2D eigenvalue weighted by atomic mass is 9.73. The molecule has 0 amide bonds. The van der Waals surface area contributed by atoms with Crippen LogP contribution in [0, 0.1) is 5.41 Å². The largest absolute Gasteiger partial charge is 0.427 e. The average molecular weight is 467 g/mol. The number of anilines is 1. The summed E-state index contributed by atoms with van der Waals surface area (Å²) in [7, 11) is 0. The second kappa shape index (κ2) is 10.3. The Bertz CT molecular complexity index is 988. The van der Waals surface area contributed by atoms with Crippen LogP contribution in [0.15, 0.2) is 54.1 Å². The quantitative estimate of drug-likeness (QED) is 0.362. The molecule has 1 heterocycles. The second-order valence-corrected chi connectivity index (χ2v) is 10.5. The third kappa shape index (κ3) is 6.18. The van der Waals surface area contributed by atoms with Crippen LogP contribution >= 0.6 is 11.6 Å². The van der Waals surface area contributed by atoms with E-state index in [1.54, 1.807) is 12.5 Å². The highest BCUT2D eigenvalue weighted by atomic mass is 35.5. The zero-order valence-corrected chi connectivity index (χ0v) is 20.8. The number of carbonyl (C=O) groups is 1. The van der Waals surface area contributed by atoms with Crippen molar-refractivity contribution in [2.75, 3.05) is 37.6 Å². The molecular formula is C28H35ClN2O2. The minimum Gasteiger partial charge on any atom is -0.427 e. The molecule has 0 unspecified atom stereocenters. The van der Waals surface area contributed by atoms with E-state index in [2.05, 4.69) is 47.9 Å². The maximum atomic E-state index is 11.5. The van der Waals surface area contributed by atoms with Crippen molar-refractivity contribution in [1.82, 2.24) is 4.90 Å². The highest BCUT2D eigenvalue weighted by Gasteiger charge is 2.29. The number of hydrogen-bond donors (Lipinski definition) is 0. The summed E-state index contributed by atoms with van der Waals surface area (Å²) in [6, 6.07) is 16.3. The number of hydrogen-bond acceptors (Lipinski definition) is 4. The Hall–Kier alpha value is -2.30. The molecule has 2 aromatic rings. The normalized spacial score (nSPS) is 19.0. The van der Waals surface area contributed by atoms with Gasteiger partial charge in [-0.25, -0.2) is 0 Å². The van der Waals surface area contributed by atoms with Gasteiger partial charge in [-0.05, 0) is 72.2 Å². The van der Waals surface area contributed by atoms with Crippen LogP contribution in [0.1, 0.15) is 52.0 Å². The summed E-state index contributed by atoms with van der Waals surface area (Å²) >= 11 is 6.14. The van der Waals surface area contributed by atoms with Gasteiger partial charge in [0.05, 0.1) is 0 Å². The van der Waals surface area contributed by atoms with E-state index in [-0.39, 0.29) is 5.97 Å². The summed E-state index contributed by atoms with van der Waals surface area (Å²) in [6.45, 7) is 11.7. The first-order chi connectivity index (χ1) is 15.8. The molecule has 33 heavy (non-hydrogen) atoms. The molecule has 0 atom stereocenters. The average Bonchev–Trinajstić information content (AvgIpc) is 2.80. The first-order valence-electron chi connectivity index (χ1n) is 12.1. The number of carbonyl (C=O) groups excluding carboxylic acids is 1. The fourth-order valence-electron chi connectivity index (χ4n) is 4.93. The van der Waals surface area contributed by atoms with E-state index in [4.69, 9.17) is 16.3 Å². The summed E-state index contributed by atoms with van der Waals surface area (Å²) in [5.41, 5.74) is 5.98. The predicted octanol–water partition coefficient (Wildman–Crippen LogP) is 6.44. The van der Waals surface area contributed by atoms with Crippen molar-refractivity contribution < 1.29 is 9.53 Å². The van der Waals surface area contributed by atoms with Crippen LogP contribution in [0.25, 0.3) is 5.57 Å². The van der Waals surface area contributed by atoms with E-state index in [1.807, 2.05) is 24.3 Å². The van der Waals surface area contributed by atoms with E-state index >= 15 is 0 Å².